The number of aromatic amines is 1. The molecule has 0 bridgehead atoms. The molecule has 0 spiro atoms. The maximum Gasteiger partial charge on any atom is 0.122 e. The summed E-state index contributed by atoms with van der Waals surface area (Å²) in [7, 11) is 3.35. The first kappa shape index (κ1) is 16.4. The average molecular weight is 344 g/mol. The van der Waals surface area contributed by atoms with E-state index in [1.807, 2.05) is 6.07 Å². The molecule has 2 aromatic rings. The van der Waals surface area contributed by atoms with Gasteiger partial charge in [0, 0.05) is 11.8 Å². The third-order valence-corrected chi connectivity index (χ3v) is 5.42. The summed E-state index contributed by atoms with van der Waals surface area (Å²) in [5, 5.41) is 17.8. The lowest BCUT2D eigenvalue weighted by Crippen LogP contribution is -2.19. The molecule has 1 fully saturated rings. The topological polar surface area (TPSA) is 76.6 Å². The second kappa shape index (κ2) is 6.69. The van der Waals surface area contributed by atoms with Gasteiger partial charge in [-0.25, -0.2) is 0 Å². The van der Waals surface area contributed by atoms with Crippen molar-refractivity contribution < 1.29 is 19.3 Å². The number of fused-ring (bicyclic) bond motifs is 1. The van der Waals surface area contributed by atoms with Gasteiger partial charge < -0.3 is 19.3 Å². The Morgan fingerprint density at radius 2 is 1.92 bits per heavy atom. The van der Waals surface area contributed by atoms with Crippen LogP contribution in [-0.2, 0) is 17.6 Å². The van der Waals surface area contributed by atoms with Gasteiger partial charge in [0.05, 0.1) is 45.1 Å². The number of benzene rings is 1. The van der Waals surface area contributed by atoms with Gasteiger partial charge in [0.15, 0.2) is 0 Å². The van der Waals surface area contributed by atoms with Gasteiger partial charge in [-0.2, -0.15) is 5.10 Å². The maximum atomic E-state index is 10.1. The lowest BCUT2D eigenvalue weighted by Gasteiger charge is -2.24. The van der Waals surface area contributed by atoms with Crippen LogP contribution >= 0.6 is 0 Å². The van der Waals surface area contributed by atoms with E-state index in [-0.39, 0.29) is 5.92 Å². The minimum atomic E-state index is -0.451. The van der Waals surface area contributed by atoms with Crippen LogP contribution in [-0.4, -0.2) is 48.8 Å². The van der Waals surface area contributed by atoms with Crippen molar-refractivity contribution in [2.45, 2.75) is 37.2 Å². The molecule has 6 heteroatoms. The Morgan fingerprint density at radius 1 is 1.16 bits per heavy atom. The predicted molar refractivity (Wildman–Crippen MR) is 92.5 cm³/mol. The minimum Gasteiger partial charge on any atom is -0.497 e. The second-order valence-corrected chi connectivity index (χ2v) is 6.86. The third kappa shape index (κ3) is 3.00. The number of aliphatic hydroxyl groups excluding tert-OH is 1. The number of hydrogen-bond donors (Lipinski definition) is 2. The lowest BCUT2D eigenvalue weighted by atomic mass is 9.81. The largest absolute Gasteiger partial charge is 0.497 e. The molecule has 1 saturated heterocycles. The number of aromatic nitrogens is 2. The fourth-order valence-electron chi connectivity index (χ4n) is 3.99. The van der Waals surface area contributed by atoms with Crippen molar-refractivity contribution in [3.63, 3.8) is 0 Å². The van der Waals surface area contributed by atoms with Gasteiger partial charge in [-0.3, -0.25) is 5.10 Å². The second-order valence-electron chi connectivity index (χ2n) is 6.86. The highest BCUT2D eigenvalue weighted by Gasteiger charge is 2.34. The Morgan fingerprint density at radius 3 is 2.56 bits per heavy atom. The number of nitrogens with one attached hydrogen (secondary N) is 1. The summed E-state index contributed by atoms with van der Waals surface area (Å²) in [4.78, 5) is 0. The van der Waals surface area contributed by atoms with E-state index >= 15 is 0 Å². The first-order chi connectivity index (χ1) is 12.2. The predicted octanol–water partition coefficient (Wildman–Crippen LogP) is 2.17. The number of methoxy groups -OCH3 is 2. The van der Waals surface area contributed by atoms with Crippen molar-refractivity contribution in [1.82, 2.24) is 10.2 Å². The molecule has 0 saturated carbocycles. The zero-order chi connectivity index (χ0) is 17.4. The highest BCUT2D eigenvalue weighted by molar-refractivity contribution is 5.42. The number of aliphatic hydroxyl groups is 1. The van der Waals surface area contributed by atoms with E-state index in [0.717, 1.165) is 36.5 Å². The van der Waals surface area contributed by atoms with Gasteiger partial charge in [0.1, 0.15) is 11.5 Å². The number of H-pyrrole nitrogens is 1. The number of ether oxygens (including phenoxy) is 3. The average Bonchev–Trinajstić information content (AvgIpc) is 3.26. The van der Waals surface area contributed by atoms with Crippen LogP contribution in [0.25, 0.3) is 0 Å². The Hall–Kier alpha value is -2.05. The molecule has 4 rings (SSSR count). The summed E-state index contributed by atoms with van der Waals surface area (Å²) in [5.74, 6) is 2.02. The van der Waals surface area contributed by atoms with Gasteiger partial charge in [-0.1, -0.05) is 0 Å². The Labute approximate surface area is 147 Å². The quantitative estimate of drug-likeness (QED) is 0.889. The smallest absolute Gasteiger partial charge is 0.122 e. The number of rotatable bonds is 4. The standard InChI is InChI=1S/C19H24N2O4/c1-23-13-5-12(6-14(8-13)24-2)11-3-4-15-17(7-11)20-21-19(15)16-9-25-10-18(16)22/h5-6,8,11,16,18,22H,3-4,7,9-10H2,1-2H3,(H,20,21). The number of nitrogens with zero attached hydrogens (tertiary/aromatic N) is 1. The van der Waals surface area contributed by atoms with Crippen LogP contribution in [0.5, 0.6) is 11.5 Å². The van der Waals surface area contributed by atoms with E-state index < -0.39 is 6.10 Å². The van der Waals surface area contributed by atoms with Crippen molar-refractivity contribution in [2.75, 3.05) is 27.4 Å². The van der Waals surface area contributed by atoms with Crippen LogP contribution in [0, 0.1) is 0 Å². The molecular formula is C19H24N2O4. The lowest BCUT2D eigenvalue weighted by molar-refractivity contribution is 0.124. The van der Waals surface area contributed by atoms with Crippen molar-refractivity contribution in [3.8, 4) is 11.5 Å². The molecule has 25 heavy (non-hydrogen) atoms. The zero-order valence-electron chi connectivity index (χ0n) is 14.6. The molecule has 1 aliphatic carbocycles. The third-order valence-electron chi connectivity index (χ3n) is 5.42. The van der Waals surface area contributed by atoms with Crippen molar-refractivity contribution in [2.24, 2.45) is 0 Å². The monoisotopic (exact) mass is 344 g/mol. The molecule has 6 nitrogen and oxygen atoms in total. The van der Waals surface area contributed by atoms with Crippen LogP contribution in [0.1, 0.15) is 40.8 Å². The van der Waals surface area contributed by atoms with E-state index in [9.17, 15) is 5.11 Å². The first-order valence-electron chi connectivity index (χ1n) is 8.74. The van der Waals surface area contributed by atoms with E-state index in [0.29, 0.717) is 19.1 Å². The van der Waals surface area contributed by atoms with Gasteiger partial charge in [-0.05, 0) is 48.4 Å². The fraction of sp³-hybridized carbons (Fsp3) is 0.526. The molecule has 2 aliphatic rings. The molecule has 1 aromatic heterocycles. The van der Waals surface area contributed by atoms with Crippen molar-refractivity contribution >= 4 is 0 Å². The Kier molecular flexibility index (Phi) is 4.39. The Bertz CT molecular complexity index is 736. The van der Waals surface area contributed by atoms with Gasteiger partial charge in [-0.15, -0.1) is 0 Å². The zero-order valence-corrected chi connectivity index (χ0v) is 14.6. The summed E-state index contributed by atoms with van der Waals surface area (Å²) in [6, 6.07) is 6.07. The van der Waals surface area contributed by atoms with Gasteiger partial charge in [0.25, 0.3) is 0 Å². The molecule has 2 heterocycles. The van der Waals surface area contributed by atoms with Gasteiger partial charge >= 0.3 is 0 Å². The SMILES string of the molecule is COc1cc(OC)cc(C2CCc3c(C4COCC4O)n[nH]c3C2)c1. The molecule has 3 atom stereocenters. The maximum absolute atomic E-state index is 10.1. The first-order valence-corrected chi connectivity index (χ1v) is 8.74. The van der Waals surface area contributed by atoms with Gasteiger partial charge in [0.2, 0.25) is 0 Å². The molecular weight excluding hydrogens is 320 g/mol. The summed E-state index contributed by atoms with van der Waals surface area (Å²) < 4.78 is 16.2. The highest BCUT2D eigenvalue weighted by atomic mass is 16.5. The van der Waals surface area contributed by atoms with Crippen molar-refractivity contribution in [3.05, 3.63) is 40.7 Å². The molecule has 1 aromatic carbocycles. The summed E-state index contributed by atoms with van der Waals surface area (Å²) in [6.45, 7) is 0.952. The van der Waals surface area contributed by atoms with E-state index in [1.165, 1.54) is 16.8 Å². The fourth-order valence-corrected chi connectivity index (χ4v) is 3.99. The summed E-state index contributed by atoms with van der Waals surface area (Å²) >= 11 is 0. The van der Waals surface area contributed by atoms with Crippen LogP contribution in [0.3, 0.4) is 0 Å². The molecule has 0 amide bonds. The summed E-state index contributed by atoms with van der Waals surface area (Å²) in [5.41, 5.74) is 4.65. The van der Waals surface area contributed by atoms with Crippen molar-refractivity contribution in [1.29, 1.82) is 0 Å². The molecule has 2 N–H and O–H groups in total. The van der Waals surface area contributed by atoms with E-state index in [4.69, 9.17) is 14.2 Å². The van der Waals surface area contributed by atoms with E-state index in [2.05, 4.69) is 22.3 Å². The minimum absolute atomic E-state index is 0.00605. The molecule has 1 aliphatic heterocycles. The van der Waals surface area contributed by atoms with E-state index in [1.54, 1.807) is 14.2 Å². The van der Waals surface area contributed by atoms with Crippen LogP contribution in [0.15, 0.2) is 18.2 Å². The summed E-state index contributed by atoms with van der Waals surface area (Å²) in [6.07, 6.45) is 2.45. The van der Waals surface area contributed by atoms with Crippen LogP contribution in [0.2, 0.25) is 0 Å². The Balaban J connectivity index is 1.59. The molecule has 3 unspecified atom stereocenters. The highest BCUT2D eigenvalue weighted by Crippen LogP contribution is 2.38. The molecule has 0 radical (unpaired) electrons. The normalized spacial score (nSPS) is 25.6. The van der Waals surface area contributed by atoms with Crippen LogP contribution in [0.4, 0.5) is 0 Å². The number of hydrogen-bond acceptors (Lipinski definition) is 5. The molecule has 134 valence electrons. The van der Waals surface area contributed by atoms with Crippen LogP contribution < -0.4 is 9.47 Å².